The lowest BCUT2D eigenvalue weighted by Crippen LogP contribution is -2.30. The van der Waals surface area contributed by atoms with Gasteiger partial charge in [-0.2, -0.15) is 0 Å². The molecule has 0 aromatic heterocycles. The highest BCUT2D eigenvalue weighted by Gasteiger charge is 2.23. The second-order valence-electron chi connectivity index (χ2n) is 5.20. The van der Waals surface area contributed by atoms with Crippen LogP contribution < -0.4 is 11.5 Å². The summed E-state index contributed by atoms with van der Waals surface area (Å²) in [5.41, 5.74) is 10.4. The summed E-state index contributed by atoms with van der Waals surface area (Å²) in [6.45, 7) is 1.20. The summed E-state index contributed by atoms with van der Waals surface area (Å²) < 4.78 is 36.9. The average molecular weight is 369 g/mol. The Balaban J connectivity index is 2.97. The van der Waals surface area contributed by atoms with Crippen molar-refractivity contribution in [3.05, 3.63) is 46.7 Å². The molecule has 0 atom stereocenters. The van der Waals surface area contributed by atoms with E-state index in [0.29, 0.717) is 13.0 Å². The quantitative estimate of drug-likeness (QED) is 0.223. The molecule has 1 aromatic rings. The number of carbonyl (C=O) groups is 2. The molecule has 0 aliphatic rings. The molecule has 0 aliphatic heterocycles. The SMILES string of the molecule is CCCN=C(N)C(C(=O)OCC(=O)c1c(F)cccc1F)=C(N)COC. The molecule has 142 valence electrons. The number of aliphatic imine (C=N–C) groups is 1. The number of hydrogen-bond acceptors (Lipinski definition) is 6. The van der Waals surface area contributed by atoms with Gasteiger partial charge in [0.2, 0.25) is 5.78 Å². The van der Waals surface area contributed by atoms with Gasteiger partial charge in [0, 0.05) is 13.7 Å². The number of esters is 1. The molecule has 0 amide bonds. The molecule has 0 unspecified atom stereocenters. The van der Waals surface area contributed by atoms with Crippen LogP contribution in [0.5, 0.6) is 0 Å². The number of hydrogen-bond donors (Lipinski definition) is 2. The molecule has 0 fully saturated rings. The Hall–Kier alpha value is -2.81. The summed E-state index contributed by atoms with van der Waals surface area (Å²) >= 11 is 0. The van der Waals surface area contributed by atoms with Crippen LogP contribution >= 0.6 is 0 Å². The topological polar surface area (TPSA) is 117 Å². The fraction of sp³-hybridized carbons (Fsp3) is 0.353. The maximum absolute atomic E-state index is 13.6. The second-order valence-corrected chi connectivity index (χ2v) is 5.20. The van der Waals surface area contributed by atoms with Crippen LogP contribution in [0.25, 0.3) is 0 Å². The number of carbonyl (C=O) groups excluding carboxylic acids is 2. The van der Waals surface area contributed by atoms with Gasteiger partial charge in [0.05, 0.1) is 17.9 Å². The van der Waals surface area contributed by atoms with Crippen LogP contribution in [0.15, 0.2) is 34.5 Å². The van der Waals surface area contributed by atoms with E-state index >= 15 is 0 Å². The number of Topliss-reactive ketones (excluding diaryl/α,β-unsaturated/α-hetero) is 1. The minimum atomic E-state index is -1.05. The van der Waals surface area contributed by atoms with Gasteiger partial charge >= 0.3 is 5.97 Å². The molecule has 0 radical (unpaired) electrons. The summed E-state index contributed by atoms with van der Waals surface area (Å²) in [4.78, 5) is 28.2. The van der Waals surface area contributed by atoms with Crippen LogP contribution in [0.3, 0.4) is 0 Å². The van der Waals surface area contributed by atoms with Crippen LogP contribution in [0.1, 0.15) is 23.7 Å². The van der Waals surface area contributed by atoms with E-state index in [1.54, 1.807) is 0 Å². The van der Waals surface area contributed by atoms with Crippen molar-refractivity contribution in [2.24, 2.45) is 16.5 Å². The third kappa shape index (κ3) is 5.62. The average Bonchev–Trinajstić information content (AvgIpc) is 2.58. The predicted octanol–water partition coefficient (Wildman–Crippen LogP) is 1.32. The molecule has 9 heteroatoms. The standard InChI is InChI=1S/C17H21F2N3O4/c1-3-7-22-16(21)15(12(20)8-25-2)17(24)26-9-13(23)14-10(18)5-4-6-11(14)19/h4-6H,3,7-9,20H2,1-2H3,(H2,21,22). The van der Waals surface area contributed by atoms with Crippen molar-refractivity contribution >= 4 is 17.6 Å². The van der Waals surface area contributed by atoms with Gasteiger partial charge in [-0.15, -0.1) is 0 Å². The predicted molar refractivity (Wildman–Crippen MR) is 91.5 cm³/mol. The molecular formula is C17H21F2N3O4. The number of nitrogens with two attached hydrogens (primary N) is 2. The third-order valence-corrected chi connectivity index (χ3v) is 3.16. The van der Waals surface area contributed by atoms with Crippen molar-refractivity contribution < 1.29 is 27.8 Å². The van der Waals surface area contributed by atoms with Crippen LogP contribution in [0.4, 0.5) is 8.78 Å². The molecule has 26 heavy (non-hydrogen) atoms. The summed E-state index contributed by atoms with van der Waals surface area (Å²) in [6, 6.07) is 2.97. The lowest BCUT2D eigenvalue weighted by atomic mass is 10.1. The van der Waals surface area contributed by atoms with E-state index in [-0.39, 0.29) is 23.7 Å². The van der Waals surface area contributed by atoms with Crippen molar-refractivity contribution in [1.82, 2.24) is 0 Å². The maximum Gasteiger partial charge on any atom is 0.344 e. The fourth-order valence-corrected chi connectivity index (χ4v) is 1.98. The van der Waals surface area contributed by atoms with Gasteiger partial charge in [-0.05, 0) is 18.6 Å². The van der Waals surface area contributed by atoms with Gasteiger partial charge in [-0.25, -0.2) is 13.6 Å². The van der Waals surface area contributed by atoms with Crippen LogP contribution in [0.2, 0.25) is 0 Å². The second kappa shape index (κ2) is 10.2. The maximum atomic E-state index is 13.6. The molecule has 1 aromatic carbocycles. The molecule has 0 saturated heterocycles. The molecule has 4 N–H and O–H groups in total. The molecule has 0 spiro atoms. The first-order valence-corrected chi connectivity index (χ1v) is 7.75. The van der Waals surface area contributed by atoms with Crippen molar-refractivity contribution in [2.45, 2.75) is 13.3 Å². The molecule has 1 rings (SSSR count). The Morgan fingerprint density at radius 3 is 2.31 bits per heavy atom. The first-order valence-electron chi connectivity index (χ1n) is 7.75. The van der Waals surface area contributed by atoms with Crippen molar-refractivity contribution in [2.75, 3.05) is 26.9 Å². The molecule has 0 saturated carbocycles. The van der Waals surface area contributed by atoms with Gasteiger partial charge in [0.1, 0.15) is 23.0 Å². The van der Waals surface area contributed by atoms with Crippen molar-refractivity contribution in [1.29, 1.82) is 0 Å². The number of methoxy groups -OCH3 is 1. The van der Waals surface area contributed by atoms with Crippen LogP contribution in [0, 0.1) is 11.6 Å². The van der Waals surface area contributed by atoms with Gasteiger partial charge < -0.3 is 20.9 Å². The number of ether oxygens (including phenoxy) is 2. The number of nitrogens with zero attached hydrogens (tertiary/aromatic N) is 1. The zero-order valence-corrected chi connectivity index (χ0v) is 14.6. The van der Waals surface area contributed by atoms with E-state index in [2.05, 4.69) is 4.99 Å². The zero-order chi connectivity index (χ0) is 19.7. The summed E-state index contributed by atoms with van der Waals surface area (Å²) in [5.74, 6) is -4.35. The highest BCUT2D eigenvalue weighted by Crippen LogP contribution is 2.13. The van der Waals surface area contributed by atoms with E-state index in [4.69, 9.17) is 20.9 Å². The molecular weight excluding hydrogens is 348 g/mol. The van der Waals surface area contributed by atoms with E-state index in [9.17, 15) is 18.4 Å². The Labute approximate surface area is 149 Å². The largest absolute Gasteiger partial charge is 0.454 e. The monoisotopic (exact) mass is 369 g/mol. The van der Waals surface area contributed by atoms with Crippen LogP contribution in [-0.4, -0.2) is 44.5 Å². The zero-order valence-electron chi connectivity index (χ0n) is 14.6. The first kappa shape index (κ1) is 21.2. The first-order chi connectivity index (χ1) is 12.3. The van der Waals surface area contributed by atoms with Gasteiger partial charge in [0.15, 0.2) is 6.61 Å². The summed E-state index contributed by atoms with van der Waals surface area (Å²) in [7, 11) is 1.36. The molecule has 7 nitrogen and oxygen atoms in total. The van der Waals surface area contributed by atoms with E-state index < -0.39 is 35.6 Å². The highest BCUT2D eigenvalue weighted by molar-refractivity contribution is 6.19. The Bertz CT molecular complexity index is 712. The number of rotatable bonds is 9. The van der Waals surface area contributed by atoms with E-state index in [1.165, 1.54) is 7.11 Å². The Morgan fingerprint density at radius 1 is 1.15 bits per heavy atom. The minimum Gasteiger partial charge on any atom is -0.454 e. The minimum absolute atomic E-state index is 0.0422. The van der Waals surface area contributed by atoms with Crippen LogP contribution in [-0.2, 0) is 14.3 Å². The molecule has 0 aliphatic carbocycles. The number of benzene rings is 1. The number of amidine groups is 1. The molecule has 0 bridgehead atoms. The lowest BCUT2D eigenvalue weighted by Gasteiger charge is -2.11. The fourth-order valence-electron chi connectivity index (χ4n) is 1.98. The summed E-state index contributed by atoms with van der Waals surface area (Å²) in [6.07, 6.45) is 0.679. The smallest absolute Gasteiger partial charge is 0.344 e. The Morgan fingerprint density at radius 2 is 1.77 bits per heavy atom. The number of ketones is 1. The van der Waals surface area contributed by atoms with Crippen molar-refractivity contribution in [3.8, 4) is 0 Å². The Kier molecular flexibility index (Phi) is 8.36. The third-order valence-electron chi connectivity index (χ3n) is 3.16. The van der Waals surface area contributed by atoms with Gasteiger partial charge in [-0.1, -0.05) is 13.0 Å². The normalized spacial score (nSPS) is 12.5. The van der Waals surface area contributed by atoms with E-state index in [0.717, 1.165) is 18.2 Å². The number of halogens is 2. The molecule has 0 heterocycles. The highest BCUT2D eigenvalue weighted by atomic mass is 19.1. The van der Waals surface area contributed by atoms with Gasteiger partial charge in [0.25, 0.3) is 0 Å². The van der Waals surface area contributed by atoms with Crippen molar-refractivity contribution in [3.63, 3.8) is 0 Å². The van der Waals surface area contributed by atoms with E-state index in [1.807, 2.05) is 6.92 Å². The lowest BCUT2D eigenvalue weighted by molar-refractivity contribution is -0.137. The van der Waals surface area contributed by atoms with Gasteiger partial charge in [-0.3, -0.25) is 9.79 Å². The summed E-state index contributed by atoms with van der Waals surface area (Å²) in [5, 5.41) is 0.